The molecule has 0 saturated carbocycles. The van der Waals surface area contributed by atoms with Crippen molar-refractivity contribution in [2.24, 2.45) is 0 Å². The van der Waals surface area contributed by atoms with E-state index in [2.05, 4.69) is 28.8 Å². The molecular weight excluding hydrogens is 310 g/mol. The molecule has 5 nitrogen and oxygen atoms in total. The Balaban J connectivity index is 1.92. The summed E-state index contributed by atoms with van der Waals surface area (Å²) < 4.78 is 0. The Morgan fingerprint density at radius 1 is 1.09 bits per heavy atom. The Morgan fingerprint density at radius 2 is 1.87 bits per heavy atom. The number of rotatable bonds is 8. The Labute approximate surface area is 140 Å². The van der Waals surface area contributed by atoms with Crippen molar-refractivity contribution in [2.45, 2.75) is 13.0 Å². The van der Waals surface area contributed by atoms with Crippen LogP contribution in [-0.2, 0) is 9.59 Å². The number of hydrogen-bond donors (Lipinski definition) is 3. The van der Waals surface area contributed by atoms with E-state index in [-0.39, 0.29) is 30.9 Å². The van der Waals surface area contributed by atoms with Gasteiger partial charge in [-0.3, -0.25) is 9.59 Å². The average Bonchev–Trinajstić information content (AvgIpc) is 3.09. The summed E-state index contributed by atoms with van der Waals surface area (Å²) in [5.41, 5.74) is 1.16. The van der Waals surface area contributed by atoms with Crippen LogP contribution in [0, 0.1) is 0 Å². The number of hydrogen-bond acceptors (Lipinski definition) is 3. The molecule has 2 aromatic rings. The molecule has 2 amide bonds. The Hall–Kier alpha value is -2.18. The highest BCUT2D eigenvalue weighted by atomic mass is 32.1. The lowest BCUT2D eigenvalue weighted by atomic mass is 10.1. The first kappa shape index (κ1) is 17.2. The summed E-state index contributed by atoms with van der Waals surface area (Å²) in [6.45, 7) is 2.71. The second-order valence-electron chi connectivity index (χ2n) is 5.07. The molecule has 0 spiro atoms. The SMILES string of the molecule is CCNC(=O)CNC(=O)C[NH2+][C@H](c1ccccc1)c1cccs1. The van der Waals surface area contributed by atoms with Crippen molar-refractivity contribution in [2.75, 3.05) is 19.6 Å². The molecule has 0 unspecified atom stereocenters. The Morgan fingerprint density at radius 3 is 2.52 bits per heavy atom. The molecule has 1 aromatic carbocycles. The van der Waals surface area contributed by atoms with E-state index in [9.17, 15) is 9.59 Å². The van der Waals surface area contributed by atoms with Gasteiger partial charge in [0, 0.05) is 12.1 Å². The second-order valence-corrected chi connectivity index (χ2v) is 6.05. The minimum Gasteiger partial charge on any atom is -0.355 e. The van der Waals surface area contributed by atoms with Crippen LogP contribution in [0.15, 0.2) is 47.8 Å². The van der Waals surface area contributed by atoms with Crippen molar-refractivity contribution in [1.29, 1.82) is 0 Å². The highest BCUT2D eigenvalue weighted by Crippen LogP contribution is 2.22. The average molecular weight is 332 g/mol. The fraction of sp³-hybridized carbons (Fsp3) is 0.294. The maximum Gasteiger partial charge on any atom is 0.275 e. The molecule has 0 aliphatic rings. The summed E-state index contributed by atoms with van der Waals surface area (Å²) in [6.07, 6.45) is 0. The normalized spacial score (nSPS) is 11.7. The quantitative estimate of drug-likeness (QED) is 0.664. The smallest absolute Gasteiger partial charge is 0.275 e. The van der Waals surface area contributed by atoms with Crippen LogP contribution in [0.4, 0.5) is 0 Å². The number of benzene rings is 1. The summed E-state index contributed by atoms with van der Waals surface area (Å²) in [6, 6.07) is 14.3. The zero-order chi connectivity index (χ0) is 16.5. The molecule has 122 valence electrons. The highest BCUT2D eigenvalue weighted by Gasteiger charge is 2.19. The summed E-state index contributed by atoms with van der Waals surface area (Å²) in [5.74, 6) is -0.313. The molecular formula is C17H22N3O2S+. The first-order valence-corrected chi connectivity index (χ1v) is 8.53. The highest BCUT2D eigenvalue weighted by molar-refractivity contribution is 7.10. The molecule has 2 rings (SSSR count). The van der Waals surface area contributed by atoms with Gasteiger partial charge in [-0.25, -0.2) is 0 Å². The van der Waals surface area contributed by atoms with Crippen LogP contribution < -0.4 is 16.0 Å². The van der Waals surface area contributed by atoms with E-state index in [1.54, 1.807) is 11.3 Å². The fourth-order valence-electron chi connectivity index (χ4n) is 2.28. The first-order chi connectivity index (χ1) is 11.2. The van der Waals surface area contributed by atoms with Crippen molar-refractivity contribution in [1.82, 2.24) is 10.6 Å². The van der Waals surface area contributed by atoms with Gasteiger partial charge in [-0.05, 0) is 18.4 Å². The monoisotopic (exact) mass is 332 g/mol. The van der Waals surface area contributed by atoms with Crippen LogP contribution in [-0.4, -0.2) is 31.4 Å². The van der Waals surface area contributed by atoms with E-state index in [4.69, 9.17) is 0 Å². The molecule has 23 heavy (non-hydrogen) atoms. The van der Waals surface area contributed by atoms with Crippen molar-refractivity contribution >= 4 is 23.2 Å². The third kappa shape index (κ3) is 5.50. The summed E-state index contributed by atoms with van der Waals surface area (Å²) in [5, 5.41) is 9.32. The molecule has 0 aliphatic heterocycles. The van der Waals surface area contributed by atoms with Gasteiger partial charge in [0.25, 0.3) is 5.91 Å². The van der Waals surface area contributed by atoms with E-state index in [0.29, 0.717) is 6.54 Å². The lowest BCUT2D eigenvalue weighted by molar-refractivity contribution is -0.676. The third-order valence-corrected chi connectivity index (χ3v) is 4.32. The minimum absolute atomic E-state index is 0.0233. The molecule has 1 atom stereocenters. The number of thiophene rings is 1. The van der Waals surface area contributed by atoms with Crippen LogP contribution in [0.1, 0.15) is 23.4 Å². The molecule has 1 aromatic heterocycles. The van der Waals surface area contributed by atoms with Crippen LogP contribution >= 0.6 is 11.3 Å². The van der Waals surface area contributed by atoms with Crippen LogP contribution in [0.5, 0.6) is 0 Å². The molecule has 0 bridgehead atoms. The number of carbonyl (C=O) groups is 2. The van der Waals surface area contributed by atoms with Gasteiger partial charge in [0.1, 0.15) is 6.04 Å². The summed E-state index contributed by atoms with van der Waals surface area (Å²) in [4.78, 5) is 24.5. The number of nitrogens with one attached hydrogen (secondary N) is 2. The maximum atomic E-state index is 11.9. The Bertz CT molecular complexity index is 614. The largest absolute Gasteiger partial charge is 0.355 e. The van der Waals surface area contributed by atoms with Gasteiger partial charge < -0.3 is 16.0 Å². The van der Waals surface area contributed by atoms with Gasteiger partial charge in [-0.15, -0.1) is 11.3 Å². The van der Waals surface area contributed by atoms with Gasteiger partial charge in [-0.2, -0.15) is 0 Å². The molecule has 0 fully saturated rings. The predicted octanol–water partition coefficient (Wildman–Crippen LogP) is 0.653. The summed E-state index contributed by atoms with van der Waals surface area (Å²) >= 11 is 1.68. The van der Waals surface area contributed by atoms with E-state index in [0.717, 1.165) is 5.56 Å². The van der Waals surface area contributed by atoms with Gasteiger partial charge in [0.05, 0.1) is 11.4 Å². The van der Waals surface area contributed by atoms with Crippen LogP contribution in [0.2, 0.25) is 0 Å². The van der Waals surface area contributed by atoms with E-state index >= 15 is 0 Å². The van der Waals surface area contributed by atoms with Gasteiger partial charge in [-0.1, -0.05) is 36.4 Å². The zero-order valence-corrected chi connectivity index (χ0v) is 13.9. The third-order valence-electron chi connectivity index (χ3n) is 3.37. The van der Waals surface area contributed by atoms with Crippen molar-refractivity contribution in [3.8, 4) is 0 Å². The molecule has 0 saturated heterocycles. The predicted molar refractivity (Wildman–Crippen MR) is 91.1 cm³/mol. The van der Waals surface area contributed by atoms with Gasteiger partial charge in [0.15, 0.2) is 6.54 Å². The van der Waals surface area contributed by atoms with Crippen LogP contribution in [0.3, 0.4) is 0 Å². The van der Waals surface area contributed by atoms with Crippen molar-refractivity contribution < 1.29 is 14.9 Å². The van der Waals surface area contributed by atoms with Crippen LogP contribution in [0.25, 0.3) is 0 Å². The Kier molecular flexibility index (Phi) is 6.77. The standard InChI is InChI=1S/C17H21N3O2S/c1-2-18-15(21)11-19-16(22)12-20-17(14-9-6-10-23-14)13-7-4-3-5-8-13/h3-10,17,20H,2,11-12H2,1H3,(H,18,21)(H,19,22)/p+1/t17-/m1/s1. The van der Waals surface area contributed by atoms with E-state index in [1.807, 2.05) is 41.9 Å². The number of quaternary nitrogens is 1. The van der Waals surface area contributed by atoms with E-state index < -0.39 is 0 Å². The number of amides is 2. The maximum absolute atomic E-state index is 11.9. The van der Waals surface area contributed by atoms with Gasteiger partial charge in [0.2, 0.25) is 5.91 Å². The first-order valence-electron chi connectivity index (χ1n) is 7.65. The van der Waals surface area contributed by atoms with Crippen molar-refractivity contribution in [3.63, 3.8) is 0 Å². The molecule has 1 heterocycles. The topological polar surface area (TPSA) is 74.8 Å². The second kappa shape index (κ2) is 9.07. The number of likely N-dealkylation sites (N-methyl/N-ethyl adjacent to an activating group) is 1. The molecule has 0 aliphatic carbocycles. The van der Waals surface area contributed by atoms with Crippen molar-refractivity contribution in [3.05, 3.63) is 58.3 Å². The molecule has 4 N–H and O–H groups in total. The molecule has 0 radical (unpaired) electrons. The zero-order valence-electron chi connectivity index (χ0n) is 13.1. The minimum atomic E-state index is -0.168. The van der Waals surface area contributed by atoms with E-state index in [1.165, 1.54) is 4.88 Å². The number of carbonyl (C=O) groups excluding carboxylic acids is 2. The summed E-state index contributed by atoms with van der Waals surface area (Å²) in [7, 11) is 0. The van der Waals surface area contributed by atoms with Gasteiger partial charge >= 0.3 is 0 Å². The molecule has 6 heteroatoms. The fourth-order valence-corrected chi connectivity index (χ4v) is 3.13. The lowest BCUT2D eigenvalue weighted by Gasteiger charge is -2.14. The lowest BCUT2D eigenvalue weighted by Crippen LogP contribution is -2.87. The number of nitrogens with two attached hydrogens (primary N) is 1.